The Balaban J connectivity index is 2.19. The van der Waals surface area contributed by atoms with E-state index >= 15 is 0 Å². The Morgan fingerprint density at radius 2 is 2.22 bits per heavy atom. The van der Waals surface area contributed by atoms with Gasteiger partial charge >= 0.3 is 5.97 Å². The first kappa shape index (κ1) is 13.3. The molecule has 2 aliphatic rings. The Labute approximate surface area is 106 Å². The Morgan fingerprint density at radius 3 is 2.78 bits per heavy atom. The molecular formula is C12H20N2O4. The number of carbonyl (C=O) groups excluding carboxylic acids is 1. The number of nitrogens with zero attached hydrogens (tertiary/aromatic N) is 1. The number of likely N-dealkylation sites (tertiary alicyclic amines) is 1. The highest BCUT2D eigenvalue weighted by molar-refractivity contribution is 5.90. The fraction of sp³-hybridized carbons (Fsp3) is 0.833. The minimum absolute atomic E-state index is 0.0360. The van der Waals surface area contributed by atoms with Gasteiger partial charge in [-0.05, 0) is 25.2 Å². The van der Waals surface area contributed by atoms with Gasteiger partial charge in [0, 0.05) is 13.2 Å². The summed E-state index contributed by atoms with van der Waals surface area (Å²) in [7, 11) is 0. The van der Waals surface area contributed by atoms with Crippen LogP contribution in [0.1, 0.15) is 26.2 Å². The zero-order chi connectivity index (χ0) is 13.3. The number of hydrogen-bond acceptors (Lipinski definition) is 4. The predicted octanol–water partition coefficient (Wildman–Crippen LogP) is -0.184. The second-order valence-electron chi connectivity index (χ2n) is 5.36. The molecule has 18 heavy (non-hydrogen) atoms. The van der Waals surface area contributed by atoms with Crippen molar-refractivity contribution in [3.8, 4) is 0 Å². The Bertz CT molecular complexity index is 352. The normalized spacial score (nSPS) is 36.7. The van der Waals surface area contributed by atoms with Crippen molar-refractivity contribution in [2.45, 2.75) is 37.8 Å². The van der Waals surface area contributed by atoms with Crippen molar-refractivity contribution >= 4 is 11.9 Å². The van der Waals surface area contributed by atoms with Crippen LogP contribution < -0.4 is 5.73 Å². The van der Waals surface area contributed by atoms with Gasteiger partial charge in [-0.1, -0.05) is 6.92 Å². The van der Waals surface area contributed by atoms with Gasteiger partial charge in [-0.15, -0.1) is 0 Å². The number of nitrogens with two attached hydrogens (primary N) is 1. The maximum Gasteiger partial charge on any atom is 0.326 e. The topological polar surface area (TPSA) is 92.9 Å². The van der Waals surface area contributed by atoms with Crippen LogP contribution in [0.15, 0.2) is 0 Å². The SMILES string of the molecule is CC1CCCN(C(=O)C2(N)CCOC2)C1C(=O)O. The van der Waals surface area contributed by atoms with E-state index in [1.165, 1.54) is 4.90 Å². The highest BCUT2D eigenvalue weighted by Gasteiger charge is 2.46. The lowest BCUT2D eigenvalue weighted by atomic mass is 9.88. The molecule has 2 rings (SSSR count). The third-order valence-corrected chi connectivity index (χ3v) is 3.93. The average molecular weight is 256 g/mol. The van der Waals surface area contributed by atoms with Gasteiger partial charge in [0.05, 0.1) is 6.61 Å². The summed E-state index contributed by atoms with van der Waals surface area (Å²) in [6.45, 7) is 2.98. The van der Waals surface area contributed by atoms with Crippen molar-refractivity contribution in [1.29, 1.82) is 0 Å². The molecule has 3 unspecified atom stereocenters. The Hall–Kier alpha value is -1.14. The van der Waals surface area contributed by atoms with Gasteiger partial charge in [-0.25, -0.2) is 4.79 Å². The lowest BCUT2D eigenvalue weighted by Crippen LogP contribution is -2.62. The molecule has 2 fully saturated rings. The minimum atomic E-state index is -1.04. The van der Waals surface area contributed by atoms with Crippen molar-refractivity contribution in [3.63, 3.8) is 0 Å². The van der Waals surface area contributed by atoms with Gasteiger partial charge in [0.2, 0.25) is 5.91 Å². The summed E-state index contributed by atoms with van der Waals surface area (Å²) in [6, 6.07) is -0.757. The fourth-order valence-corrected chi connectivity index (χ4v) is 2.83. The number of piperidine rings is 1. The van der Waals surface area contributed by atoms with E-state index in [1.54, 1.807) is 0 Å². The molecule has 6 heteroatoms. The van der Waals surface area contributed by atoms with Crippen LogP contribution in [0.3, 0.4) is 0 Å². The third-order valence-electron chi connectivity index (χ3n) is 3.93. The highest BCUT2D eigenvalue weighted by Crippen LogP contribution is 2.28. The number of hydrogen-bond donors (Lipinski definition) is 2. The molecular weight excluding hydrogens is 236 g/mol. The number of carboxylic acid groups (broad SMARTS) is 1. The van der Waals surface area contributed by atoms with E-state index in [4.69, 9.17) is 10.5 Å². The lowest BCUT2D eigenvalue weighted by molar-refractivity contribution is -0.157. The number of carbonyl (C=O) groups is 2. The quantitative estimate of drug-likeness (QED) is 0.714. The molecule has 6 nitrogen and oxygen atoms in total. The zero-order valence-corrected chi connectivity index (χ0v) is 10.6. The second-order valence-corrected chi connectivity index (χ2v) is 5.36. The molecule has 0 bridgehead atoms. The molecule has 0 radical (unpaired) electrons. The van der Waals surface area contributed by atoms with E-state index in [-0.39, 0.29) is 18.4 Å². The molecule has 0 aromatic carbocycles. The van der Waals surface area contributed by atoms with Crippen LogP contribution in [-0.2, 0) is 14.3 Å². The van der Waals surface area contributed by atoms with Crippen molar-refractivity contribution in [1.82, 2.24) is 4.90 Å². The summed E-state index contributed by atoms with van der Waals surface area (Å²) in [6.07, 6.45) is 2.12. The summed E-state index contributed by atoms with van der Waals surface area (Å²) in [5, 5.41) is 9.29. The summed E-state index contributed by atoms with van der Waals surface area (Å²) in [4.78, 5) is 25.2. The molecule has 102 valence electrons. The van der Waals surface area contributed by atoms with Gasteiger partial charge in [-0.2, -0.15) is 0 Å². The summed E-state index contributed by atoms with van der Waals surface area (Å²) in [5.74, 6) is -1.26. The molecule has 0 aromatic rings. The van der Waals surface area contributed by atoms with Gasteiger partial charge < -0.3 is 20.5 Å². The van der Waals surface area contributed by atoms with E-state index in [0.717, 1.165) is 12.8 Å². The van der Waals surface area contributed by atoms with Crippen LogP contribution >= 0.6 is 0 Å². The van der Waals surface area contributed by atoms with E-state index in [2.05, 4.69) is 0 Å². The van der Waals surface area contributed by atoms with Crippen LogP contribution in [0.5, 0.6) is 0 Å². The number of aliphatic carboxylic acids is 1. The molecule has 0 saturated carbocycles. The summed E-state index contributed by atoms with van der Waals surface area (Å²) in [5.41, 5.74) is 5.00. The number of ether oxygens (including phenoxy) is 1. The molecule has 2 saturated heterocycles. The zero-order valence-electron chi connectivity index (χ0n) is 10.6. The smallest absolute Gasteiger partial charge is 0.326 e. The van der Waals surface area contributed by atoms with Crippen molar-refractivity contribution in [3.05, 3.63) is 0 Å². The van der Waals surface area contributed by atoms with Gasteiger partial charge in [0.1, 0.15) is 11.6 Å². The van der Waals surface area contributed by atoms with E-state index < -0.39 is 17.6 Å². The molecule has 2 heterocycles. The van der Waals surface area contributed by atoms with Crippen molar-refractivity contribution in [2.75, 3.05) is 19.8 Å². The molecule has 3 atom stereocenters. The standard InChI is InChI=1S/C12H20N2O4/c1-8-3-2-5-14(9(8)10(15)16)11(17)12(13)4-6-18-7-12/h8-9H,2-7,13H2,1H3,(H,15,16). The van der Waals surface area contributed by atoms with Gasteiger partial charge in [-0.3, -0.25) is 4.79 Å². The molecule has 1 amide bonds. The highest BCUT2D eigenvalue weighted by atomic mass is 16.5. The first-order chi connectivity index (χ1) is 8.46. The third kappa shape index (κ3) is 2.22. The van der Waals surface area contributed by atoms with E-state index in [1.807, 2.05) is 6.92 Å². The summed E-state index contributed by atoms with van der Waals surface area (Å²) < 4.78 is 5.17. The van der Waals surface area contributed by atoms with Crippen LogP contribution in [-0.4, -0.2) is 53.2 Å². The average Bonchev–Trinajstić information content (AvgIpc) is 2.75. The first-order valence-corrected chi connectivity index (χ1v) is 6.36. The summed E-state index contributed by atoms with van der Waals surface area (Å²) >= 11 is 0. The minimum Gasteiger partial charge on any atom is -0.480 e. The van der Waals surface area contributed by atoms with Gasteiger partial charge in [0.25, 0.3) is 0 Å². The fourth-order valence-electron chi connectivity index (χ4n) is 2.83. The molecule has 0 spiro atoms. The molecule has 2 aliphatic heterocycles. The Morgan fingerprint density at radius 1 is 1.50 bits per heavy atom. The predicted molar refractivity (Wildman–Crippen MR) is 63.9 cm³/mol. The van der Waals surface area contributed by atoms with Crippen molar-refractivity contribution in [2.24, 2.45) is 11.7 Å². The van der Waals surface area contributed by atoms with Crippen LogP contribution in [0.4, 0.5) is 0 Å². The van der Waals surface area contributed by atoms with Gasteiger partial charge in [0.15, 0.2) is 0 Å². The van der Waals surface area contributed by atoms with Crippen LogP contribution in [0.25, 0.3) is 0 Å². The number of amides is 1. The second kappa shape index (κ2) is 4.85. The number of carboxylic acids is 1. The lowest BCUT2D eigenvalue weighted by Gasteiger charge is -2.40. The largest absolute Gasteiger partial charge is 0.480 e. The van der Waals surface area contributed by atoms with Crippen LogP contribution in [0, 0.1) is 5.92 Å². The monoisotopic (exact) mass is 256 g/mol. The van der Waals surface area contributed by atoms with Crippen molar-refractivity contribution < 1.29 is 19.4 Å². The molecule has 0 aliphatic carbocycles. The van der Waals surface area contributed by atoms with Crippen LogP contribution in [0.2, 0.25) is 0 Å². The van der Waals surface area contributed by atoms with E-state index in [9.17, 15) is 14.7 Å². The number of rotatable bonds is 2. The molecule has 3 N–H and O–H groups in total. The molecule has 0 aromatic heterocycles. The first-order valence-electron chi connectivity index (χ1n) is 6.36. The maximum atomic E-state index is 12.4. The maximum absolute atomic E-state index is 12.4. The Kier molecular flexibility index (Phi) is 3.59. The van der Waals surface area contributed by atoms with E-state index in [0.29, 0.717) is 19.6 Å².